The lowest BCUT2D eigenvalue weighted by atomic mass is 9.65. The first-order valence-electron chi connectivity index (χ1n) is 23.0. The molecule has 308 valence electrons. The minimum atomic E-state index is -0.360. The maximum absolute atomic E-state index is 5.62. The van der Waals surface area contributed by atoms with Gasteiger partial charge in [-0.15, -0.1) is 0 Å². The van der Waals surface area contributed by atoms with E-state index in [0.29, 0.717) is 23.4 Å². The summed E-state index contributed by atoms with van der Waals surface area (Å²) in [6.45, 7) is 4.78. The second-order valence-electron chi connectivity index (χ2n) is 19.0. The average Bonchev–Trinajstić information content (AvgIpc) is 4.04. The highest BCUT2D eigenvalue weighted by Gasteiger charge is 2.57. The topological polar surface area (TPSA) is 43.6 Å². The van der Waals surface area contributed by atoms with Crippen molar-refractivity contribution in [1.82, 2.24) is 19.5 Å². The van der Waals surface area contributed by atoms with Gasteiger partial charge in [-0.1, -0.05) is 196 Å². The summed E-state index contributed by atoms with van der Waals surface area (Å²) in [7, 11) is 0. The smallest absolute Gasteiger partial charge is 0.164 e. The van der Waals surface area contributed by atoms with Gasteiger partial charge in [0.25, 0.3) is 0 Å². The molecule has 4 heteroatoms. The summed E-state index contributed by atoms with van der Waals surface area (Å²) in [5, 5.41) is 2.47. The number of fused-ring (bicyclic) bond motifs is 16. The molecule has 2 heterocycles. The first-order chi connectivity index (χ1) is 32.0. The molecule has 0 saturated heterocycles. The molecule has 0 bridgehead atoms. The number of hydrogen-bond donors (Lipinski definition) is 0. The zero-order valence-electron chi connectivity index (χ0n) is 36.2. The van der Waals surface area contributed by atoms with Crippen molar-refractivity contribution in [3.63, 3.8) is 0 Å². The molecule has 14 rings (SSSR count). The molecule has 5 aliphatic rings. The van der Waals surface area contributed by atoms with Crippen LogP contribution in [-0.4, -0.2) is 19.5 Å². The van der Waals surface area contributed by atoms with E-state index >= 15 is 0 Å². The number of nitrogens with zero attached hydrogens (tertiary/aromatic N) is 4. The number of rotatable bonds is 4. The molecule has 2 aromatic heterocycles. The van der Waals surface area contributed by atoms with Crippen LogP contribution in [0.1, 0.15) is 59.1 Å². The fourth-order valence-electron chi connectivity index (χ4n) is 13.0. The Hall–Kier alpha value is -7.69. The molecule has 0 saturated carbocycles. The van der Waals surface area contributed by atoms with Crippen LogP contribution >= 0.6 is 0 Å². The van der Waals surface area contributed by atoms with Gasteiger partial charge in [0.2, 0.25) is 0 Å². The highest BCUT2D eigenvalue weighted by molar-refractivity contribution is 6.09. The third-order valence-corrected chi connectivity index (χ3v) is 15.7. The highest BCUT2D eigenvalue weighted by atomic mass is 15.0. The Morgan fingerprint density at radius 2 is 0.892 bits per heavy atom. The fourth-order valence-corrected chi connectivity index (χ4v) is 13.0. The van der Waals surface area contributed by atoms with E-state index in [4.69, 9.17) is 15.0 Å². The van der Waals surface area contributed by atoms with Crippen LogP contribution in [0.3, 0.4) is 0 Å². The molecule has 1 spiro atoms. The van der Waals surface area contributed by atoms with Crippen molar-refractivity contribution in [2.45, 2.75) is 36.5 Å². The van der Waals surface area contributed by atoms with Gasteiger partial charge in [-0.25, -0.2) is 15.0 Å². The fraction of sp³-hybridized carbons (Fsp3) is 0.131. The number of para-hydroxylation sites is 2. The Labute approximate surface area is 378 Å². The van der Waals surface area contributed by atoms with E-state index in [-0.39, 0.29) is 28.6 Å². The van der Waals surface area contributed by atoms with Crippen LogP contribution in [0.2, 0.25) is 0 Å². The van der Waals surface area contributed by atoms with Crippen molar-refractivity contribution >= 4 is 21.8 Å². The van der Waals surface area contributed by atoms with Gasteiger partial charge in [0.1, 0.15) is 0 Å². The lowest BCUT2D eigenvalue weighted by Crippen LogP contribution is -2.32. The number of aromatic nitrogens is 4. The lowest BCUT2D eigenvalue weighted by molar-refractivity contribution is 0.394. The number of benzene rings is 7. The van der Waals surface area contributed by atoms with Crippen LogP contribution in [0.4, 0.5) is 0 Å². The largest absolute Gasteiger partial charge is 0.309 e. The SMILES string of the molecule is CC1(C)c2cccc(-c3nc(-c4cccc(-n5c6ccccc6c6ccccc65)c4)nc(-c4cccc5c4C4C=CC=CC4C54c5ccccc5-c5ccccc54)n3)c2C2C=CC=CC21. The molecule has 0 fully saturated rings. The normalized spacial score (nSPS) is 20.8. The molecule has 4 atom stereocenters. The molecule has 5 aliphatic carbocycles. The first kappa shape index (κ1) is 36.8. The van der Waals surface area contributed by atoms with Gasteiger partial charge < -0.3 is 4.57 Å². The Balaban J connectivity index is 1.03. The summed E-state index contributed by atoms with van der Waals surface area (Å²) < 4.78 is 2.37. The Bertz CT molecular complexity index is 3530. The van der Waals surface area contributed by atoms with Gasteiger partial charge in [-0.3, -0.25) is 0 Å². The summed E-state index contributed by atoms with van der Waals surface area (Å²) >= 11 is 0. The van der Waals surface area contributed by atoms with Gasteiger partial charge in [0.05, 0.1) is 16.4 Å². The molecule has 4 nitrogen and oxygen atoms in total. The minimum absolute atomic E-state index is 0.0507. The van der Waals surface area contributed by atoms with E-state index in [2.05, 4.69) is 225 Å². The van der Waals surface area contributed by atoms with Crippen molar-refractivity contribution in [1.29, 1.82) is 0 Å². The maximum atomic E-state index is 5.62. The summed E-state index contributed by atoms with van der Waals surface area (Å²) in [6, 6.07) is 57.9. The van der Waals surface area contributed by atoms with Crippen molar-refractivity contribution in [3.05, 3.63) is 240 Å². The van der Waals surface area contributed by atoms with Crippen LogP contribution in [0.25, 0.3) is 72.8 Å². The van der Waals surface area contributed by atoms with Crippen LogP contribution in [-0.2, 0) is 10.8 Å². The molecule has 0 aliphatic heterocycles. The number of hydrogen-bond acceptors (Lipinski definition) is 3. The Kier molecular flexibility index (Phi) is 7.59. The van der Waals surface area contributed by atoms with Gasteiger partial charge in [0.15, 0.2) is 17.5 Å². The summed E-state index contributed by atoms with van der Waals surface area (Å²) in [5.41, 5.74) is 16.8. The summed E-state index contributed by atoms with van der Waals surface area (Å²) in [5.74, 6) is 2.95. The summed E-state index contributed by atoms with van der Waals surface area (Å²) in [6.07, 6.45) is 18.5. The van der Waals surface area contributed by atoms with Crippen molar-refractivity contribution < 1.29 is 0 Å². The zero-order valence-corrected chi connectivity index (χ0v) is 36.2. The second-order valence-corrected chi connectivity index (χ2v) is 19.0. The predicted octanol–water partition coefficient (Wildman–Crippen LogP) is 14.2. The van der Waals surface area contributed by atoms with Crippen molar-refractivity contribution in [2.75, 3.05) is 0 Å². The van der Waals surface area contributed by atoms with E-state index in [0.717, 1.165) is 22.4 Å². The van der Waals surface area contributed by atoms with Crippen molar-refractivity contribution in [2.24, 2.45) is 11.8 Å². The molecular weight excluding hydrogens is 789 g/mol. The first-order valence-corrected chi connectivity index (χ1v) is 23.0. The molecule has 0 N–H and O–H groups in total. The third-order valence-electron chi connectivity index (χ3n) is 15.7. The quantitative estimate of drug-likeness (QED) is 0.177. The highest BCUT2D eigenvalue weighted by Crippen LogP contribution is 2.66. The molecule has 9 aromatic rings. The van der Waals surface area contributed by atoms with Gasteiger partial charge in [0, 0.05) is 50.9 Å². The number of allylic oxidation sites excluding steroid dienone is 8. The van der Waals surface area contributed by atoms with Crippen LogP contribution in [0.15, 0.2) is 206 Å². The van der Waals surface area contributed by atoms with E-state index in [9.17, 15) is 0 Å². The minimum Gasteiger partial charge on any atom is -0.309 e. The Morgan fingerprint density at radius 3 is 1.55 bits per heavy atom. The molecular formula is C61H44N4. The molecule has 65 heavy (non-hydrogen) atoms. The Morgan fingerprint density at radius 1 is 0.415 bits per heavy atom. The molecule has 7 aromatic carbocycles. The van der Waals surface area contributed by atoms with E-state index in [1.165, 1.54) is 66.3 Å². The standard InChI is InChI=1S/C61H44N4/c1-60(2)47-28-9-5-24-43(47)55-45(26-16-32-51(55)60)58-62-57(37-18-15-19-38(36-37)65-53-34-13-7-22-41(53)42-23-8-14-35-54(42)65)63-59(64-58)46-27-17-33-52-56(46)44-25-6-12-31-50(44)61(52)48-29-10-3-20-39(48)40-21-4-11-30-49(40)61/h3-36,43-44,47,50H,1-2H3. The molecule has 0 amide bonds. The second kappa shape index (κ2) is 13.4. The molecule has 4 unspecified atom stereocenters. The lowest BCUT2D eigenvalue weighted by Gasteiger charge is -2.36. The summed E-state index contributed by atoms with van der Waals surface area (Å²) in [4.78, 5) is 16.7. The monoisotopic (exact) mass is 832 g/mol. The van der Waals surface area contributed by atoms with E-state index in [1.807, 2.05) is 0 Å². The third kappa shape index (κ3) is 4.89. The van der Waals surface area contributed by atoms with Gasteiger partial charge in [-0.2, -0.15) is 0 Å². The molecule has 0 radical (unpaired) electrons. The van der Waals surface area contributed by atoms with E-state index < -0.39 is 0 Å². The van der Waals surface area contributed by atoms with Gasteiger partial charge in [-0.05, 0) is 80.1 Å². The van der Waals surface area contributed by atoms with Gasteiger partial charge >= 0.3 is 0 Å². The zero-order chi connectivity index (χ0) is 43.0. The average molecular weight is 833 g/mol. The predicted molar refractivity (Wildman–Crippen MR) is 264 cm³/mol. The van der Waals surface area contributed by atoms with Crippen LogP contribution in [0, 0.1) is 11.8 Å². The van der Waals surface area contributed by atoms with E-state index in [1.54, 1.807) is 0 Å². The van der Waals surface area contributed by atoms with Crippen molar-refractivity contribution in [3.8, 4) is 51.0 Å². The maximum Gasteiger partial charge on any atom is 0.164 e. The van der Waals surface area contributed by atoms with Crippen LogP contribution in [0.5, 0.6) is 0 Å². The van der Waals surface area contributed by atoms with Crippen LogP contribution < -0.4 is 0 Å².